The molecule has 5 heteroatoms. The lowest BCUT2D eigenvalue weighted by Gasteiger charge is -2.33. The molecule has 0 bridgehead atoms. The van der Waals surface area contributed by atoms with Crippen molar-refractivity contribution in [3.8, 4) is 11.5 Å². The van der Waals surface area contributed by atoms with E-state index in [0.29, 0.717) is 18.2 Å². The predicted molar refractivity (Wildman–Crippen MR) is 85.1 cm³/mol. The third-order valence-corrected chi connectivity index (χ3v) is 4.32. The van der Waals surface area contributed by atoms with E-state index in [1.807, 2.05) is 36.2 Å². The lowest BCUT2D eigenvalue weighted by atomic mass is 10.0. The third kappa shape index (κ3) is 2.95. The maximum absolute atomic E-state index is 12.7. The van der Waals surface area contributed by atoms with Gasteiger partial charge in [0.25, 0.3) is 5.91 Å². The van der Waals surface area contributed by atoms with Crippen molar-refractivity contribution in [3.63, 3.8) is 0 Å². The highest BCUT2D eigenvalue weighted by Gasteiger charge is 2.26. The van der Waals surface area contributed by atoms with Gasteiger partial charge in [0.2, 0.25) is 0 Å². The van der Waals surface area contributed by atoms with Crippen LogP contribution in [0.3, 0.4) is 0 Å². The van der Waals surface area contributed by atoms with Crippen LogP contribution in [0.1, 0.15) is 18.4 Å². The molecule has 118 valence electrons. The fourth-order valence-corrected chi connectivity index (χ4v) is 3.01. The zero-order chi connectivity index (χ0) is 15.5. The van der Waals surface area contributed by atoms with E-state index < -0.39 is 0 Å². The number of rotatable bonds is 3. The number of likely N-dealkylation sites (tertiary alicyclic amines) is 1. The molecule has 0 saturated carbocycles. The quantitative estimate of drug-likeness (QED) is 0.923. The fourth-order valence-electron chi connectivity index (χ4n) is 3.01. The van der Waals surface area contributed by atoms with Crippen LogP contribution in [0.25, 0.3) is 6.08 Å². The predicted octanol–water partition coefficient (Wildman–Crippen LogP) is 1.68. The minimum atomic E-state index is 0.0772. The Balaban J connectivity index is 1.79. The van der Waals surface area contributed by atoms with Crippen molar-refractivity contribution in [1.82, 2.24) is 10.2 Å². The van der Waals surface area contributed by atoms with Gasteiger partial charge in [-0.05, 0) is 44.2 Å². The number of nitrogens with zero attached hydrogens (tertiary/aromatic N) is 1. The smallest absolute Gasteiger partial charge is 0.253 e. The number of nitrogens with one attached hydrogen (secondary N) is 1. The van der Waals surface area contributed by atoms with Crippen molar-refractivity contribution in [2.24, 2.45) is 0 Å². The Bertz CT molecular complexity index is 598. The number of likely N-dealkylation sites (N-methyl/N-ethyl adjacent to an activating group) is 1. The second kappa shape index (κ2) is 6.40. The molecule has 2 aliphatic heterocycles. The van der Waals surface area contributed by atoms with Crippen LogP contribution in [0.5, 0.6) is 11.5 Å². The second-order valence-electron chi connectivity index (χ2n) is 5.74. The Morgan fingerprint density at radius 1 is 1.45 bits per heavy atom. The molecule has 1 fully saturated rings. The highest BCUT2D eigenvalue weighted by Crippen LogP contribution is 2.30. The topological polar surface area (TPSA) is 50.8 Å². The van der Waals surface area contributed by atoms with E-state index in [1.54, 1.807) is 7.11 Å². The number of hydrogen-bond donors (Lipinski definition) is 1. The van der Waals surface area contributed by atoms with E-state index in [1.165, 1.54) is 0 Å². The Morgan fingerprint density at radius 3 is 3.09 bits per heavy atom. The van der Waals surface area contributed by atoms with Gasteiger partial charge in [-0.2, -0.15) is 0 Å². The first kappa shape index (κ1) is 14.9. The van der Waals surface area contributed by atoms with Gasteiger partial charge in [0.1, 0.15) is 18.1 Å². The number of carbonyl (C=O) groups is 1. The normalized spacial score (nSPS) is 20.7. The van der Waals surface area contributed by atoms with Crippen LogP contribution in [0, 0.1) is 0 Å². The van der Waals surface area contributed by atoms with Gasteiger partial charge in [0, 0.05) is 24.7 Å². The number of ether oxygens (including phenoxy) is 2. The summed E-state index contributed by atoms with van der Waals surface area (Å²) >= 11 is 0. The van der Waals surface area contributed by atoms with Crippen LogP contribution < -0.4 is 14.8 Å². The summed E-state index contributed by atoms with van der Waals surface area (Å²) in [6.45, 7) is 1.91. The van der Waals surface area contributed by atoms with Crippen LogP contribution in [0.15, 0.2) is 23.8 Å². The number of amides is 1. The molecule has 0 aliphatic carbocycles. The Labute approximate surface area is 130 Å². The zero-order valence-electron chi connectivity index (χ0n) is 13.1. The Kier molecular flexibility index (Phi) is 4.34. The van der Waals surface area contributed by atoms with E-state index in [-0.39, 0.29) is 5.91 Å². The van der Waals surface area contributed by atoms with Crippen molar-refractivity contribution in [2.75, 3.05) is 33.9 Å². The second-order valence-corrected chi connectivity index (χ2v) is 5.74. The van der Waals surface area contributed by atoms with E-state index in [0.717, 1.165) is 43.0 Å². The maximum Gasteiger partial charge on any atom is 0.253 e. The van der Waals surface area contributed by atoms with Gasteiger partial charge in [0.05, 0.1) is 12.7 Å². The number of methoxy groups -OCH3 is 1. The molecule has 0 spiro atoms. The molecule has 5 nitrogen and oxygen atoms in total. The summed E-state index contributed by atoms with van der Waals surface area (Å²) in [7, 11) is 3.58. The van der Waals surface area contributed by atoms with Gasteiger partial charge in [-0.1, -0.05) is 0 Å². The molecule has 0 unspecified atom stereocenters. The summed E-state index contributed by atoms with van der Waals surface area (Å²) in [6.07, 6.45) is 4.08. The van der Waals surface area contributed by atoms with Gasteiger partial charge < -0.3 is 19.7 Å². The number of piperidine rings is 1. The summed E-state index contributed by atoms with van der Waals surface area (Å²) in [5.41, 5.74) is 1.61. The average molecular weight is 302 g/mol. The SMILES string of the molecule is CN[C@H]1CCCN(C(=O)C2=Cc3cc(OC)ccc3OC2)C1. The van der Waals surface area contributed by atoms with Gasteiger partial charge in [-0.3, -0.25) is 4.79 Å². The summed E-state index contributed by atoms with van der Waals surface area (Å²) in [5, 5.41) is 3.26. The van der Waals surface area contributed by atoms with Gasteiger partial charge in [-0.25, -0.2) is 0 Å². The van der Waals surface area contributed by atoms with Gasteiger partial charge in [-0.15, -0.1) is 0 Å². The fraction of sp³-hybridized carbons (Fsp3) is 0.471. The lowest BCUT2D eigenvalue weighted by molar-refractivity contribution is -0.128. The molecule has 2 heterocycles. The molecule has 1 aromatic rings. The average Bonchev–Trinajstić information content (AvgIpc) is 2.60. The first-order valence-corrected chi connectivity index (χ1v) is 7.69. The molecule has 1 amide bonds. The minimum absolute atomic E-state index is 0.0772. The molecule has 1 N–H and O–H groups in total. The van der Waals surface area contributed by atoms with Crippen LogP contribution in [0.2, 0.25) is 0 Å². The number of carbonyl (C=O) groups excluding carboxylic acids is 1. The van der Waals surface area contributed by atoms with Crippen LogP contribution in [0.4, 0.5) is 0 Å². The van der Waals surface area contributed by atoms with E-state index in [2.05, 4.69) is 5.32 Å². The van der Waals surface area contributed by atoms with E-state index in [4.69, 9.17) is 9.47 Å². The first-order valence-electron chi connectivity index (χ1n) is 7.69. The zero-order valence-corrected chi connectivity index (χ0v) is 13.1. The van der Waals surface area contributed by atoms with Crippen molar-refractivity contribution in [3.05, 3.63) is 29.3 Å². The van der Waals surface area contributed by atoms with Crippen molar-refractivity contribution >= 4 is 12.0 Å². The molecule has 3 rings (SSSR count). The molecule has 1 saturated heterocycles. The van der Waals surface area contributed by atoms with Gasteiger partial charge >= 0.3 is 0 Å². The molecule has 0 aromatic heterocycles. The maximum atomic E-state index is 12.7. The van der Waals surface area contributed by atoms with E-state index >= 15 is 0 Å². The summed E-state index contributed by atoms with van der Waals surface area (Å²) < 4.78 is 10.9. The molecule has 0 radical (unpaired) electrons. The van der Waals surface area contributed by atoms with Crippen molar-refractivity contribution in [2.45, 2.75) is 18.9 Å². The molecular weight excluding hydrogens is 280 g/mol. The van der Waals surface area contributed by atoms with Crippen molar-refractivity contribution in [1.29, 1.82) is 0 Å². The minimum Gasteiger partial charge on any atom is -0.497 e. The summed E-state index contributed by atoms with van der Waals surface area (Å²) in [4.78, 5) is 14.6. The summed E-state index contributed by atoms with van der Waals surface area (Å²) in [5.74, 6) is 1.64. The molecular formula is C17H22N2O3. The molecule has 1 atom stereocenters. The third-order valence-electron chi connectivity index (χ3n) is 4.32. The molecule has 22 heavy (non-hydrogen) atoms. The Morgan fingerprint density at radius 2 is 2.32 bits per heavy atom. The highest BCUT2D eigenvalue weighted by molar-refractivity contribution is 5.99. The Hall–Kier alpha value is -2.01. The number of hydrogen-bond acceptors (Lipinski definition) is 4. The van der Waals surface area contributed by atoms with Crippen LogP contribution >= 0.6 is 0 Å². The van der Waals surface area contributed by atoms with Crippen molar-refractivity contribution < 1.29 is 14.3 Å². The molecule has 1 aromatic carbocycles. The lowest BCUT2D eigenvalue weighted by Crippen LogP contribution is -2.47. The standard InChI is InChI=1S/C17H22N2O3/c1-18-14-4-3-7-19(10-14)17(20)13-8-12-9-15(21-2)5-6-16(12)22-11-13/h5-6,8-9,14,18H,3-4,7,10-11H2,1-2H3/t14-/m0/s1. The van der Waals surface area contributed by atoms with Crippen LogP contribution in [-0.2, 0) is 4.79 Å². The summed E-state index contributed by atoms with van der Waals surface area (Å²) in [6, 6.07) is 6.02. The first-order chi connectivity index (χ1) is 10.7. The monoisotopic (exact) mass is 302 g/mol. The van der Waals surface area contributed by atoms with Gasteiger partial charge in [0.15, 0.2) is 0 Å². The number of fused-ring (bicyclic) bond motifs is 1. The number of benzene rings is 1. The highest BCUT2D eigenvalue weighted by atomic mass is 16.5. The molecule has 2 aliphatic rings. The van der Waals surface area contributed by atoms with E-state index in [9.17, 15) is 4.79 Å². The largest absolute Gasteiger partial charge is 0.497 e. The van der Waals surface area contributed by atoms with Crippen LogP contribution in [-0.4, -0.2) is 50.7 Å².